The van der Waals surface area contributed by atoms with Gasteiger partial charge >= 0.3 is 5.97 Å². The minimum absolute atomic E-state index is 0.000478. The van der Waals surface area contributed by atoms with Crippen LogP contribution in [0.3, 0.4) is 0 Å². The van der Waals surface area contributed by atoms with Crippen LogP contribution in [0.1, 0.15) is 56.2 Å². The summed E-state index contributed by atoms with van der Waals surface area (Å²) in [6, 6.07) is 11.3. The topological polar surface area (TPSA) is 114 Å². The van der Waals surface area contributed by atoms with E-state index in [-0.39, 0.29) is 29.4 Å². The van der Waals surface area contributed by atoms with Gasteiger partial charge in [0.15, 0.2) is 5.69 Å². The summed E-state index contributed by atoms with van der Waals surface area (Å²) in [5.41, 5.74) is -2.05. The number of hydrogen-bond donors (Lipinski definition) is 3. The van der Waals surface area contributed by atoms with Crippen LogP contribution >= 0.6 is 0 Å². The third-order valence-electron chi connectivity index (χ3n) is 6.07. The fourth-order valence-electron chi connectivity index (χ4n) is 3.21. The molecule has 2 atom stereocenters. The molecule has 3 rings (SSSR count). The summed E-state index contributed by atoms with van der Waals surface area (Å²) in [5.74, 6) is -3.37. The van der Waals surface area contributed by atoms with Gasteiger partial charge in [0.1, 0.15) is 29.5 Å². The van der Waals surface area contributed by atoms with Gasteiger partial charge in [-0.15, -0.1) is 0 Å². The normalized spacial score (nSPS) is 14.1. The number of carboxylic acid groups (broad SMARTS) is 1. The van der Waals surface area contributed by atoms with E-state index in [0.29, 0.717) is 0 Å². The molecule has 8 nitrogen and oxygen atoms in total. The molecule has 2 unspecified atom stereocenters. The number of benzene rings is 2. The van der Waals surface area contributed by atoms with Crippen LogP contribution in [-0.4, -0.2) is 44.1 Å². The third-order valence-corrected chi connectivity index (χ3v) is 6.07. The molecule has 0 aliphatic rings. The smallest absolute Gasteiger partial charge is 0.305 e. The summed E-state index contributed by atoms with van der Waals surface area (Å²) in [6.45, 7) is 6.89. The fourth-order valence-corrected chi connectivity index (χ4v) is 3.21. The van der Waals surface area contributed by atoms with Gasteiger partial charge in [-0.3, -0.25) is 9.59 Å². The molecule has 2 aromatic carbocycles. The first-order valence-corrected chi connectivity index (χ1v) is 11.3. The van der Waals surface area contributed by atoms with Crippen molar-refractivity contribution in [2.45, 2.75) is 45.8 Å². The van der Waals surface area contributed by atoms with Gasteiger partial charge in [-0.25, -0.2) is 8.78 Å². The van der Waals surface area contributed by atoms with E-state index in [1.165, 1.54) is 42.5 Å². The quantitative estimate of drug-likeness (QED) is 0.404. The molecular formula is C26H29F2N3O5. The Kier molecular flexibility index (Phi) is 7.78. The maximum atomic E-state index is 14.6. The van der Waals surface area contributed by atoms with Crippen LogP contribution in [0.2, 0.25) is 0 Å². The van der Waals surface area contributed by atoms with Crippen molar-refractivity contribution in [2.75, 3.05) is 6.61 Å². The summed E-state index contributed by atoms with van der Waals surface area (Å²) in [7, 11) is 0. The van der Waals surface area contributed by atoms with Crippen molar-refractivity contribution in [1.82, 2.24) is 15.1 Å². The first-order valence-electron chi connectivity index (χ1n) is 11.3. The van der Waals surface area contributed by atoms with Crippen molar-refractivity contribution in [3.8, 4) is 11.6 Å². The highest BCUT2D eigenvalue weighted by molar-refractivity contribution is 5.93. The average Bonchev–Trinajstić information content (AvgIpc) is 3.21. The van der Waals surface area contributed by atoms with Crippen LogP contribution in [0.15, 0.2) is 54.6 Å². The number of carbonyl (C=O) groups excluding carboxylic acids is 1. The van der Waals surface area contributed by atoms with E-state index in [9.17, 15) is 28.6 Å². The van der Waals surface area contributed by atoms with E-state index in [1.807, 2.05) is 20.8 Å². The number of ether oxygens (including phenoxy) is 1. The standard InChI is InChI=1S/C26H29F2N3O5/c1-25(2,3)26(4,35)15-36-22-13-20(30-31(22)21-12-8-7-11-18(21)28)24(34)29-19(14-23(32)33)16-9-5-6-10-17(16)27/h5-13,19,35H,14-15H2,1-4H3,(H,29,34)(H,32,33). The number of rotatable bonds is 9. The van der Waals surface area contributed by atoms with Crippen LogP contribution in [0.5, 0.6) is 5.88 Å². The number of para-hydroxylation sites is 1. The Hall–Kier alpha value is -3.79. The lowest BCUT2D eigenvalue weighted by Crippen LogP contribution is -2.45. The second kappa shape index (κ2) is 10.4. The summed E-state index contributed by atoms with van der Waals surface area (Å²) >= 11 is 0. The minimum atomic E-state index is -1.28. The summed E-state index contributed by atoms with van der Waals surface area (Å²) < 4.78 is 35.8. The minimum Gasteiger partial charge on any atom is -0.481 e. The lowest BCUT2D eigenvalue weighted by Gasteiger charge is -2.36. The van der Waals surface area contributed by atoms with E-state index in [1.54, 1.807) is 13.0 Å². The molecule has 0 aliphatic carbocycles. The van der Waals surface area contributed by atoms with Crippen molar-refractivity contribution in [1.29, 1.82) is 0 Å². The monoisotopic (exact) mass is 501 g/mol. The van der Waals surface area contributed by atoms with Crippen LogP contribution in [0, 0.1) is 17.0 Å². The van der Waals surface area contributed by atoms with E-state index in [2.05, 4.69) is 10.4 Å². The predicted molar refractivity (Wildman–Crippen MR) is 128 cm³/mol. The lowest BCUT2D eigenvalue weighted by molar-refractivity contribution is -0.137. The molecule has 192 valence electrons. The molecule has 3 aromatic rings. The van der Waals surface area contributed by atoms with E-state index >= 15 is 0 Å². The molecule has 1 heterocycles. The summed E-state index contributed by atoms with van der Waals surface area (Å²) in [4.78, 5) is 24.4. The Morgan fingerprint density at radius 3 is 2.25 bits per heavy atom. The number of aromatic nitrogens is 2. The number of amides is 1. The Labute approximate surface area is 207 Å². The van der Waals surface area contributed by atoms with Gasteiger partial charge in [-0.1, -0.05) is 51.1 Å². The number of hydrogen-bond acceptors (Lipinski definition) is 5. The zero-order chi connectivity index (χ0) is 26.7. The van der Waals surface area contributed by atoms with Crippen LogP contribution in [0.4, 0.5) is 8.78 Å². The fraction of sp³-hybridized carbons (Fsp3) is 0.346. The molecule has 1 amide bonds. The summed E-state index contributed by atoms with van der Waals surface area (Å²) in [6.07, 6.45) is -0.571. The third kappa shape index (κ3) is 6.06. The number of halogens is 2. The second-order valence-corrected chi connectivity index (χ2v) is 9.69. The van der Waals surface area contributed by atoms with Gasteiger partial charge in [-0.05, 0) is 30.5 Å². The number of nitrogens with one attached hydrogen (secondary N) is 1. The SMILES string of the molecule is CC(C)(C)C(C)(O)COc1cc(C(=O)NC(CC(=O)O)c2ccccc2F)nn1-c1ccccc1F. The van der Waals surface area contributed by atoms with Gasteiger partial charge in [-0.2, -0.15) is 9.78 Å². The second-order valence-electron chi connectivity index (χ2n) is 9.69. The predicted octanol–water partition coefficient (Wildman–Crippen LogP) is 4.27. The maximum Gasteiger partial charge on any atom is 0.305 e. The molecule has 0 saturated carbocycles. The number of aliphatic hydroxyl groups is 1. The van der Waals surface area contributed by atoms with Crippen molar-refractivity contribution >= 4 is 11.9 Å². The molecule has 0 bridgehead atoms. The molecule has 0 saturated heterocycles. The Morgan fingerprint density at radius 1 is 1.06 bits per heavy atom. The number of nitrogens with zero attached hydrogens (tertiary/aromatic N) is 2. The summed E-state index contributed by atoms with van der Waals surface area (Å²) in [5, 5.41) is 26.7. The van der Waals surface area contributed by atoms with E-state index in [0.717, 1.165) is 10.7 Å². The van der Waals surface area contributed by atoms with E-state index < -0.39 is 47.0 Å². The average molecular weight is 502 g/mol. The molecule has 10 heteroatoms. The number of carbonyl (C=O) groups is 2. The largest absolute Gasteiger partial charge is 0.481 e. The maximum absolute atomic E-state index is 14.6. The van der Waals surface area contributed by atoms with Crippen LogP contribution < -0.4 is 10.1 Å². The van der Waals surface area contributed by atoms with Crippen LogP contribution in [-0.2, 0) is 4.79 Å². The van der Waals surface area contributed by atoms with Gasteiger partial charge in [0, 0.05) is 11.6 Å². The van der Waals surface area contributed by atoms with Crippen LogP contribution in [0.25, 0.3) is 5.69 Å². The first-order chi connectivity index (χ1) is 16.8. The zero-order valence-electron chi connectivity index (χ0n) is 20.5. The van der Waals surface area contributed by atoms with E-state index in [4.69, 9.17) is 4.74 Å². The molecule has 36 heavy (non-hydrogen) atoms. The van der Waals surface area contributed by atoms with Gasteiger partial charge in [0.2, 0.25) is 5.88 Å². The highest BCUT2D eigenvalue weighted by Crippen LogP contribution is 2.31. The molecule has 0 radical (unpaired) electrons. The Bertz CT molecular complexity index is 1250. The van der Waals surface area contributed by atoms with Gasteiger partial charge < -0.3 is 20.3 Å². The zero-order valence-corrected chi connectivity index (χ0v) is 20.5. The molecule has 0 fully saturated rings. The molecule has 3 N–H and O–H groups in total. The number of carboxylic acids is 1. The molecular weight excluding hydrogens is 472 g/mol. The van der Waals surface area contributed by atoms with Crippen molar-refractivity contribution < 1.29 is 33.3 Å². The molecule has 0 spiro atoms. The first kappa shape index (κ1) is 26.8. The van der Waals surface area contributed by atoms with Crippen molar-refractivity contribution in [2.24, 2.45) is 5.41 Å². The van der Waals surface area contributed by atoms with Gasteiger partial charge in [0.25, 0.3) is 5.91 Å². The highest BCUT2D eigenvalue weighted by Gasteiger charge is 2.36. The van der Waals surface area contributed by atoms with Gasteiger partial charge in [0.05, 0.1) is 12.5 Å². The lowest BCUT2D eigenvalue weighted by atomic mass is 9.78. The molecule has 1 aromatic heterocycles. The Balaban J connectivity index is 1.97. The van der Waals surface area contributed by atoms with Crippen molar-refractivity contribution in [3.63, 3.8) is 0 Å². The Morgan fingerprint density at radius 2 is 1.67 bits per heavy atom. The highest BCUT2D eigenvalue weighted by atomic mass is 19.1. The number of aliphatic carboxylic acids is 1. The molecule has 0 aliphatic heterocycles. The van der Waals surface area contributed by atoms with Crippen molar-refractivity contribution in [3.05, 3.63) is 77.5 Å².